The van der Waals surface area contributed by atoms with Crippen LogP contribution in [-0.4, -0.2) is 18.4 Å². The topological polar surface area (TPSA) is 64.7 Å². The van der Waals surface area contributed by atoms with Gasteiger partial charge in [-0.15, -0.1) is 0 Å². The third kappa shape index (κ3) is 2.59. The molecule has 7 heteroatoms. The van der Waals surface area contributed by atoms with E-state index in [4.69, 9.17) is 4.74 Å². The molecule has 5 nitrogen and oxygen atoms in total. The van der Waals surface area contributed by atoms with Crippen LogP contribution in [0.3, 0.4) is 0 Å². The Hall–Kier alpha value is -0.950. The van der Waals surface area contributed by atoms with Crippen LogP contribution in [0.25, 0.3) is 0 Å². The van der Waals surface area contributed by atoms with Crippen LogP contribution < -0.4 is 0 Å². The number of aliphatic imine (C=N–C) groups is 1. The molecular formula is C9H8Br2N2O3. The minimum Gasteiger partial charge on any atom is -0.486 e. The van der Waals surface area contributed by atoms with Gasteiger partial charge in [-0.25, -0.2) is 4.99 Å². The van der Waals surface area contributed by atoms with Crippen molar-refractivity contribution in [3.8, 4) is 0 Å². The number of methoxy groups -OCH3 is 1. The van der Waals surface area contributed by atoms with Crippen molar-refractivity contribution >= 4 is 49.6 Å². The van der Waals surface area contributed by atoms with Crippen molar-refractivity contribution in [3.05, 3.63) is 30.7 Å². The van der Waals surface area contributed by atoms with Crippen LogP contribution in [0, 0.1) is 17.0 Å². The molecule has 1 aromatic rings. The van der Waals surface area contributed by atoms with Gasteiger partial charge in [-0.2, -0.15) is 0 Å². The first-order valence-electron chi connectivity index (χ1n) is 4.17. The Kier molecular flexibility index (Phi) is 4.43. The second-order valence-corrected chi connectivity index (χ2v) is 4.60. The number of benzene rings is 1. The predicted octanol–water partition coefficient (Wildman–Crippen LogP) is 3.73. The zero-order valence-corrected chi connectivity index (χ0v) is 11.7. The summed E-state index contributed by atoms with van der Waals surface area (Å²) in [5.74, 6) is 0. The summed E-state index contributed by atoms with van der Waals surface area (Å²) in [6.07, 6.45) is 1.23. The molecule has 1 aromatic carbocycles. The second-order valence-electron chi connectivity index (χ2n) is 2.89. The van der Waals surface area contributed by atoms with Gasteiger partial charge in [0.05, 0.1) is 27.8 Å². The van der Waals surface area contributed by atoms with E-state index in [-0.39, 0.29) is 5.69 Å². The fraction of sp³-hybridized carbons (Fsp3) is 0.222. The van der Waals surface area contributed by atoms with Gasteiger partial charge in [-0.1, -0.05) is 0 Å². The summed E-state index contributed by atoms with van der Waals surface area (Å²) in [4.78, 5) is 14.4. The van der Waals surface area contributed by atoms with Crippen LogP contribution in [0.1, 0.15) is 5.56 Å². The van der Waals surface area contributed by atoms with Crippen molar-refractivity contribution in [1.82, 2.24) is 0 Å². The lowest BCUT2D eigenvalue weighted by Crippen LogP contribution is -1.94. The van der Waals surface area contributed by atoms with Gasteiger partial charge in [0.1, 0.15) is 0 Å². The van der Waals surface area contributed by atoms with Crippen LogP contribution in [-0.2, 0) is 4.74 Å². The van der Waals surface area contributed by atoms with E-state index in [1.807, 2.05) is 0 Å². The van der Waals surface area contributed by atoms with Gasteiger partial charge in [0.25, 0.3) is 5.69 Å². The van der Waals surface area contributed by atoms with E-state index in [0.29, 0.717) is 20.2 Å². The summed E-state index contributed by atoms with van der Waals surface area (Å²) in [6.45, 7) is 1.63. The van der Waals surface area contributed by atoms with Crippen molar-refractivity contribution in [2.45, 2.75) is 6.92 Å². The highest BCUT2D eigenvalue weighted by Crippen LogP contribution is 2.40. The largest absolute Gasteiger partial charge is 0.486 e. The Morgan fingerprint density at radius 3 is 2.62 bits per heavy atom. The maximum atomic E-state index is 10.9. The lowest BCUT2D eigenvalue weighted by molar-refractivity contribution is -0.386. The lowest BCUT2D eigenvalue weighted by atomic mass is 10.1. The van der Waals surface area contributed by atoms with Crippen molar-refractivity contribution in [3.63, 3.8) is 0 Å². The maximum absolute atomic E-state index is 10.9. The first-order chi connectivity index (χ1) is 7.49. The molecule has 0 amide bonds. The quantitative estimate of drug-likeness (QED) is 0.360. The minimum absolute atomic E-state index is 0.00598. The smallest absolute Gasteiger partial charge is 0.288 e. The molecule has 0 saturated carbocycles. The first-order valence-corrected chi connectivity index (χ1v) is 5.76. The molecule has 86 valence electrons. The molecule has 0 radical (unpaired) electrons. The lowest BCUT2D eigenvalue weighted by Gasteiger charge is -2.05. The molecule has 16 heavy (non-hydrogen) atoms. The third-order valence-corrected chi connectivity index (χ3v) is 3.10. The number of nitro benzene ring substituents is 1. The van der Waals surface area contributed by atoms with Gasteiger partial charge in [0.2, 0.25) is 0 Å². The molecule has 1 rings (SSSR count). The molecule has 0 aliphatic carbocycles. The molecule has 0 fully saturated rings. The number of nitro groups is 1. The fourth-order valence-electron chi connectivity index (χ4n) is 1.21. The average Bonchev–Trinajstić information content (AvgIpc) is 2.16. The van der Waals surface area contributed by atoms with Gasteiger partial charge in [0.15, 0.2) is 6.40 Å². The molecule has 0 saturated heterocycles. The summed E-state index contributed by atoms with van der Waals surface area (Å²) >= 11 is 6.44. The minimum atomic E-state index is -0.447. The second kappa shape index (κ2) is 5.40. The Morgan fingerprint density at radius 2 is 2.12 bits per heavy atom. The van der Waals surface area contributed by atoms with Crippen molar-refractivity contribution in [2.24, 2.45) is 4.99 Å². The normalized spacial score (nSPS) is 10.8. The number of hydrogen-bond acceptors (Lipinski definition) is 4. The van der Waals surface area contributed by atoms with Crippen molar-refractivity contribution < 1.29 is 9.66 Å². The number of nitrogens with zero attached hydrogens (tertiary/aromatic N) is 2. The average molecular weight is 352 g/mol. The molecule has 0 aliphatic heterocycles. The molecular weight excluding hydrogens is 344 g/mol. The van der Waals surface area contributed by atoms with E-state index < -0.39 is 4.92 Å². The fourth-order valence-corrected chi connectivity index (χ4v) is 2.81. The monoisotopic (exact) mass is 350 g/mol. The molecule has 0 unspecified atom stereocenters. The van der Waals surface area contributed by atoms with Gasteiger partial charge in [-0.3, -0.25) is 10.1 Å². The van der Waals surface area contributed by atoms with E-state index in [1.54, 1.807) is 13.0 Å². The number of rotatable bonds is 3. The third-order valence-electron chi connectivity index (χ3n) is 1.89. The molecule has 0 spiro atoms. The molecule has 0 atom stereocenters. The highest BCUT2D eigenvalue weighted by molar-refractivity contribution is 9.11. The molecule has 0 bridgehead atoms. The zero-order valence-electron chi connectivity index (χ0n) is 8.53. The molecule has 0 N–H and O–H groups in total. The number of hydrogen-bond donors (Lipinski definition) is 0. The molecule has 0 aliphatic rings. The maximum Gasteiger partial charge on any atom is 0.288 e. The standard InChI is InChI=1S/C9H8Br2N2O3/c1-5-8(12-4-16-2)6(10)3-7(11)9(5)13(14)15/h3-4H,1-2H3. The zero-order chi connectivity index (χ0) is 12.3. The number of ether oxygens (including phenoxy) is 1. The van der Waals surface area contributed by atoms with Gasteiger partial charge in [-0.05, 0) is 44.8 Å². The summed E-state index contributed by atoms with van der Waals surface area (Å²) in [7, 11) is 1.46. The van der Waals surface area contributed by atoms with Crippen LogP contribution >= 0.6 is 31.9 Å². The van der Waals surface area contributed by atoms with E-state index in [0.717, 1.165) is 0 Å². The highest BCUT2D eigenvalue weighted by Gasteiger charge is 2.21. The van der Waals surface area contributed by atoms with Crippen LogP contribution in [0.4, 0.5) is 11.4 Å². The first kappa shape index (κ1) is 13.1. The SMILES string of the molecule is COC=Nc1c(Br)cc(Br)c([N+](=O)[O-])c1C. The summed E-state index contributed by atoms with van der Waals surface area (Å²) < 4.78 is 5.77. The van der Waals surface area contributed by atoms with Crippen LogP contribution in [0.15, 0.2) is 20.0 Å². The molecule has 0 heterocycles. The van der Waals surface area contributed by atoms with Crippen molar-refractivity contribution in [1.29, 1.82) is 0 Å². The Bertz CT molecular complexity index is 461. The van der Waals surface area contributed by atoms with E-state index in [1.165, 1.54) is 13.5 Å². The Morgan fingerprint density at radius 1 is 1.50 bits per heavy atom. The van der Waals surface area contributed by atoms with E-state index in [2.05, 4.69) is 36.9 Å². The Balaban J connectivity index is 3.45. The highest BCUT2D eigenvalue weighted by atomic mass is 79.9. The van der Waals surface area contributed by atoms with E-state index >= 15 is 0 Å². The summed E-state index contributed by atoms with van der Waals surface area (Å²) in [6, 6.07) is 1.59. The van der Waals surface area contributed by atoms with Crippen molar-refractivity contribution in [2.75, 3.05) is 7.11 Å². The predicted molar refractivity (Wildman–Crippen MR) is 68.4 cm³/mol. The summed E-state index contributed by atoms with van der Waals surface area (Å²) in [5, 5.41) is 10.9. The van der Waals surface area contributed by atoms with Gasteiger partial charge in [0, 0.05) is 4.47 Å². The number of halogens is 2. The summed E-state index contributed by atoms with van der Waals surface area (Å²) in [5.41, 5.74) is 0.961. The van der Waals surface area contributed by atoms with Gasteiger partial charge >= 0.3 is 0 Å². The Labute approximate surface area is 109 Å². The van der Waals surface area contributed by atoms with Crippen LogP contribution in [0.2, 0.25) is 0 Å². The van der Waals surface area contributed by atoms with Gasteiger partial charge < -0.3 is 4.74 Å². The molecule has 0 aromatic heterocycles. The van der Waals surface area contributed by atoms with Crippen LogP contribution in [0.5, 0.6) is 0 Å². The van der Waals surface area contributed by atoms with E-state index in [9.17, 15) is 10.1 Å².